The number of rotatable bonds is 4. The van der Waals surface area contributed by atoms with Gasteiger partial charge < -0.3 is 15.2 Å². The van der Waals surface area contributed by atoms with Gasteiger partial charge in [0.2, 0.25) is 0 Å². The Morgan fingerprint density at radius 2 is 2.06 bits per heavy atom. The maximum absolute atomic E-state index is 11.1. The van der Waals surface area contributed by atoms with Crippen molar-refractivity contribution in [3.05, 3.63) is 23.9 Å². The SMILES string of the molecule is COC(=O)c1ccc(NC(C)(C)C(=O)O)nc1. The fourth-order valence-corrected chi connectivity index (χ4v) is 1.08. The summed E-state index contributed by atoms with van der Waals surface area (Å²) in [5.41, 5.74) is -0.814. The first-order valence-corrected chi connectivity index (χ1v) is 4.93. The lowest BCUT2D eigenvalue weighted by atomic mass is 10.1. The molecule has 1 aromatic rings. The minimum Gasteiger partial charge on any atom is -0.480 e. The molecule has 92 valence electrons. The van der Waals surface area contributed by atoms with Gasteiger partial charge in [0.05, 0.1) is 12.7 Å². The van der Waals surface area contributed by atoms with Gasteiger partial charge in [0.1, 0.15) is 11.4 Å². The second-order valence-electron chi connectivity index (χ2n) is 3.98. The summed E-state index contributed by atoms with van der Waals surface area (Å²) >= 11 is 0. The number of carboxylic acid groups (broad SMARTS) is 1. The fourth-order valence-electron chi connectivity index (χ4n) is 1.08. The summed E-state index contributed by atoms with van der Waals surface area (Å²) in [6.45, 7) is 3.04. The number of hydrogen-bond acceptors (Lipinski definition) is 5. The summed E-state index contributed by atoms with van der Waals surface area (Å²) in [6, 6.07) is 3.04. The molecule has 0 fully saturated rings. The zero-order chi connectivity index (χ0) is 13.1. The maximum atomic E-state index is 11.1. The van der Waals surface area contributed by atoms with Crippen molar-refractivity contribution in [3.63, 3.8) is 0 Å². The Hall–Kier alpha value is -2.11. The van der Waals surface area contributed by atoms with Gasteiger partial charge in [-0.2, -0.15) is 0 Å². The van der Waals surface area contributed by atoms with Crippen LogP contribution < -0.4 is 5.32 Å². The molecule has 0 spiro atoms. The number of methoxy groups -OCH3 is 1. The molecule has 1 rings (SSSR count). The van der Waals surface area contributed by atoms with Crippen molar-refractivity contribution in [1.82, 2.24) is 4.98 Å². The zero-order valence-electron chi connectivity index (χ0n) is 9.85. The second-order valence-corrected chi connectivity index (χ2v) is 3.98. The van der Waals surface area contributed by atoms with Gasteiger partial charge in [0.15, 0.2) is 0 Å². The van der Waals surface area contributed by atoms with Crippen LogP contribution >= 0.6 is 0 Å². The average Bonchev–Trinajstić information content (AvgIpc) is 2.28. The molecule has 17 heavy (non-hydrogen) atoms. The van der Waals surface area contributed by atoms with Crippen LogP contribution in [0.2, 0.25) is 0 Å². The Morgan fingerprint density at radius 1 is 1.41 bits per heavy atom. The number of anilines is 1. The minimum absolute atomic E-state index is 0.311. The van der Waals surface area contributed by atoms with Gasteiger partial charge in [0.25, 0.3) is 0 Å². The molecule has 0 amide bonds. The summed E-state index contributed by atoms with van der Waals surface area (Å²) in [5.74, 6) is -1.09. The molecule has 0 aliphatic rings. The summed E-state index contributed by atoms with van der Waals surface area (Å²) in [4.78, 5) is 26.0. The number of nitrogens with one attached hydrogen (secondary N) is 1. The van der Waals surface area contributed by atoms with Gasteiger partial charge >= 0.3 is 11.9 Å². The molecule has 1 heterocycles. The van der Waals surface area contributed by atoms with Crippen LogP contribution in [0, 0.1) is 0 Å². The van der Waals surface area contributed by atoms with E-state index in [9.17, 15) is 9.59 Å². The number of pyridine rings is 1. The lowest BCUT2D eigenvalue weighted by Crippen LogP contribution is -2.40. The number of carbonyl (C=O) groups excluding carboxylic acids is 1. The van der Waals surface area contributed by atoms with Gasteiger partial charge in [-0.1, -0.05) is 0 Å². The molecule has 0 unspecified atom stereocenters. The fraction of sp³-hybridized carbons (Fsp3) is 0.364. The topological polar surface area (TPSA) is 88.5 Å². The van der Waals surface area contributed by atoms with Crippen LogP contribution in [0.15, 0.2) is 18.3 Å². The van der Waals surface area contributed by atoms with E-state index in [0.717, 1.165) is 0 Å². The largest absolute Gasteiger partial charge is 0.480 e. The Kier molecular flexibility index (Phi) is 3.67. The van der Waals surface area contributed by atoms with Crippen molar-refractivity contribution >= 4 is 17.8 Å². The first kappa shape index (κ1) is 13.0. The van der Waals surface area contributed by atoms with Crippen molar-refractivity contribution in [2.45, 2.75) is 19.4 Å². The van der Waals surface area contributed by atoms with Crippen molar-refractivity contribution < 1.29 is 19.4 Å². The summed E-state index contributed by atoms with van der Waals surface area (Å²) in [7, 11) is 1.28. The van der Waals surface area contributed by atoms with Crippen LogP contribution in [-0.4, -0.2) is 34.7 Å². The Balaban J connectivity index is 2.82. The van der Waals surface area contributed by atoms with Gasteiger partial charge in [-0.15, -0.1) is 0 Å². The summed E-state index contributed by atoms with van der Waals surface area (Å²) in [5, 5.41) is 11.7. The molecule has 0 aliphatic carbocycles. The van der Waals surface area contributed by atoms with Crippen LogP contribution in [0.5, 0.6) is 0 Å². The van der Waals surface area contributed by atoms with Crippen molar-refractivity contribution in [1.29, 1.82) is 0 Å². The van der Waals surface area contributed by atoms with E-state index in [-0.39, 0.29) is 0 Å². The average molecular weight is 238 g/mol. The van der Waals surface area contributed by atoms with Crippen LogP contribution in [-0.2, 0) is 9.53 Å². The first-order valence-electron chi connectivity index (χ1n) is 4.93. The van der Waals surface area contributed by atoms with E-state index in [1.165, 1.54) is 39.3 Å². The molecule has 0 aromatic carbocycles. The normalized spacial score (nSPS) is 10.8. The highest BCUT2D eigenvalue weighted by Gasteiger charge is 2.27. The van der Waals surface area contributed by atoms with Gasteiger partial charge in [-0.3, -0.25) is 0 Å². The molecule has 0 aliphatic heterocycles. The number of hydrogen-bond donors (Lipinski definition) is 2. The second kappa shape index (κ2) is 4.82. The predicted octanol–water partition coefficient (Wildman–Crippen LogP) is 1.14. The number of carboxylic acids is 1. The standard InChI is InChI=1S/C11H14N2O4/c1-11(2,10(15)16)13-8-5-4-7(6-12-8)9(14)17-3/h4-6H,1-3H3,(H,12,13)(H,15,16). The highest BCUT2D eigenvalue weighted by Crippen LogP contribution is 2.13. The summed E-state index contributed by atoms with van der Waals surface area (Å²) < 4.78 is 4.52. The molecule has 0 saturated heterocycles. The Bertz CT molecular complexity index is 426. The van der Waals surface area contributed by atoms with Gasteiger partial charge in [0, 0.05) is 6.20 Å². The number of aliphatic carboxylic acids is 1. The van der Waals surface area contributed by atoms with Crippen LogP contribution in [0.25, 0.3) is 0 Å². The molecule has 0 bridgehead atoms. The van der Waals surface area contributed by atoms with Crippen molar-refractivity contribution in [2.24, 2.45) is 0 Å². The van der Waals surface area contributed by atoms with E-state index in [0.29, 0.717) is 11.4 Å². The Morgan fingerprint density at radius 3 is 2.47 bits per heavy atom. The number of nitrogens with zero attached hydrogens (tertiary/aromatic N) is 1. The van der Waals surface area contributed by atoms with Crippen LogP contribution in [0.4, 0.5) is 5.82 Å². The van der Waals surface area contributed by atoms with Crippen molar-refractivity contribution in [3.8, 4) is 0 Å². The number of ether oxygens (including phenoxy) is 1. The van der Waals surface area contributed by atoms with Crippen molar-refractivity contribution in [2.75, 3.05) is 12.4 Å². The summed E-state index contributed by atoms with van der Waals surface area (Å²) in [6.07, 6.45) is 1.33. The van der Waals surface area contributed by atoms with Gasteiger partial charge in [-0.25, -0.2) is 14.6 Å². The molecule has 6 heteroatoms. The number of aromatic nitrogens is 1. The molecule has 0 radical (unpaired) electrons. The van der Waals surface area contributed by atoms with Crippen LogP contribution in [0.1, 0.15) is 24.2 Å². The molecular weight excluding hydrogens is 224 g/mol. The van der Waals surface area contributed by atoms with E-state index in [1.807, 2.05) is 0 Å². The van der Waals surface area contributed by atoms with E-state index in [1.54, 1.807) is 0 Å². The quantitative estimate of drug-likeness (QED) is 0.765. The zero-order valence-corrected chi connectivity index (χ0v) is 9.85. The number of carbonyl (C=O) groups is 2. The monoisotopic (exact) mass is 238 g/mol. The van der Waals surface area contributed by atoms with Crippen LogP contribution in [0.3, 0.4) is 0 Å². The van der Waals surface area contributed by atoms with E-state index < -0.39 is 17.5 Å². The third-order valence-corrected chi connectivity index (χ3v) is 2.16. The highest BCUT2D eigenvalue weighted by molar-refractivity contribution is 5.89. The number of esters is 1. The van der Waals surface area contributed by atoms with E-state index in [2.05, 4.69) is 15.0 Å². The van der Waals surface area contributed by atoms with E-state index >= 15 is 0 Å². The lowest BCUT2D eigenvalue weighted by molar-refractivity contribution is -0.141. The molecule has 6 nitrogen and oxygen atoms in total. The maximum Gasteiger partial charge on any atom is 0.339 e. The third-order valence-electron chi connectivity index (χ3n) is 2.16. The molecule has 1 aromatic heterocycles. The highest BCUT2D eigenvalue weighted by atomic mass is 16.5. The molecule has 0 atom stereocenters. The smallest absolute Gasteiger partial charge is 0.339 e. The molecule has 2 N–H and O–H groups in total. The predicted molar refractivity (Wildman–Crippen MR) is 60.9 cm³/mol. The molecule has 0 saturated carbocycles. The minimum atomic E-state index is -1.13. The first-order chi connectivity index (χ1) is 7.86. The third kappa shape index (κ3) is 3.17. The van der Waals surface area contributed by atoms with Gasteiger partial charge in [-0.05, 0) is 26.0 Å². The molecular formula is C11H14N2O4. The Labute approximate surface area is 98.6 Å². The lowest BCUT2D eigenvalue weighted by Gasteiger charge is -2.21. The van der Waals surface area contributed by atoms with E-state index in [4.69, 9.17) is 5.11 Å².